The third kappa shape index (κ3) is 3.75. The highest BCUT2D eigenvalue weighted by molar-refractivity contribution is 6.00. The molecular weight excluding hydrogens is 388 g/mol. The molecule has 0 aromatic carbocycles. The van der Waals surface area contributed by atoms with Gasteiger partial charge in [-0.1, -0.05) is 40.2 Å². The van der Waals surface area contributed by atoms with E-state index in [1.165, 1.54) is 5.57 Å². The zero-order chi connectivity index (χ0) is 22.7. The zero-order valence-electron chi connectivity index (χ0n) is 20.2. The molecule has 9 atom stereocenters. The van der Waals surface area contributed by atoms with Gasteiger partial charge in [-0.05, 0) is 91.8 Å². The largest absolute Gasteiger partial charge is 0.393 e. The minimum absolute atomic E-state index is 0.00802. The van der Waals surface area contributed by atoms with E-state index >= 15 is 0 Å². The number of carbonyl (C=O) groups is 1. The van der Waals surface area contributed by atoms with Crippen LogP contribution in [-0.4, -0.2) is 39.4 Å². The molecule has 0 spiro atoms. The molecular formula is C27H44O4. The molecule has 0 aliphatic heterocycles. The van der Waals surface area contributed by atoms with E-state index in [0.29, 0.717) is 42.8 Å². The summed E-state index contributed by atoms with van der Waals surface area (Å²) in [7, 11) is 0. The molecule has 0 bridgehead atoms. The topological polar surface area (TPSA) is 77.8 Å². The van der Waals surface area contributed by atoms with Crippen molar-refractivity contribution < 1.29 is 20.1 Å². The smallest absolute Gasteiger partial charge is 0.159 e. The average Bonchev–Trinajstić information content (AvgIpc) is 2.98. The predicted octanol–water partition coefficient (Wildman–Crippen LogP) is 4.65. The van der Waals surface area contributed by atoms with E-state index in [4.69, 9.17) is 0 Å². The van der Waals surface area contributed by atoms with E-state index < -0.39 is 6.10 Å². The summed E-state index contributed by atoms with van der Waals surface area (Å²) in [6, 6.07) is 0. The number of hydrogen-bond acceptors (Lipinski definition) is 4. The lowest BCUT2D eigenvalue weighted by atomic mass is 9.48. The molecule has 3 saturated carbocycles. The first-order valence-corrected chi connectivity index (χ1v) is 12.8. The Morgan fingerprint density at radius 1 is 1.03 bits per heavy atom. The highest BCUT2D eigenvalue weighted by atomic mass is 16.3. The summed E-state index contributed by atoms with van der Waals surface area (Å²) in [5.41, 5.74) is 2.22. The van der Waals surface area contributed by atoms with Gasteiger partial charge in [-0.25, -0.2) is 0 Å². The number of aliphatic hydroxyl groups is 3. The number of rotatable bonds is 5. The maximum Gasteiger partial charge on any atom is 0.159 e. The summed E-state index contributed by atoms with van der Waals surface area (Å²) >= 11 is 0. The highest BCUT2D eigenvalue weighted by Crippen LogP contribution is 2.65. The van der Waals surface area contributed by atoms with Crippen LogP contribution in [0, 0.1) is 40.4 Å². The second kappa shape index (κ2) is 8.25. The van der Waals surface area contributed by atoms with Gasteiger partial charge in [0.05, 0.1) is 18.3 Å². The van der Waals surface area contributed by atoms with E-state index in [0.717, 1.165) is 44.1 Å². The molecule has 0 aromatic rings. The summed E-state index contributed by atoms with van der Waals surface area (Å²) in [6.45, 7) is 11.0. The predicted molar refractivity (Wildman–Crippen MR) is 122 cm³/mol. The van der Waals surface area contributed by atoms with Crippen molar-refractivity contribution >= 4 is 5.78 Å². The van der Waals surface area contributed by atoms with Crippen LogP contribution in [0.3, 0.4) is 0 Å². The Labute approximate surface area is 188 Å². The van der Waals surface area contributed by atoms with Gasteiger partial charge in [0.25, 0.3) is 0 Å². The third-order valence-corrected chi connectivity index (χ3v) is 10.2. The zero-order valence-corrected chi connectivity index (χ0v) is 20.2. The SMILES string of the molecule is CC(C)[C@@H](O)CC[C@@H](C)[C@H]1CC(=O)C2=C3C[C@H](O)[C@H]4C[C@@H](O)CC[C@]4(C)[C@H]3CC[C@@]21C. The van der Waals surface area contributed by atoms with E-state index in [1.807, 2.05) is 0 Å². The minimum Gasteiger partial charge on any atom is -0.393 e. The molecule has 4 aliphatic carbocycles. The standard InChI is InChI=1S/C27H44O4/c1-15(2)22(29)7-6-16(3)20-14-24(31)25-18-13-23(30)21-12-17(28)8-10-26(21,4)19(18)9-11-27(20,25)5/h15-17,19-23,28-30H,6-14H2,1-5H3/t16-,17+,19+,20-,21-,22+,23+,26-,27-/m1/s1. The molecule has 31 heavy (non-hydrogen) atoms. The Hall–Kier alpha value is -0.710. The molecule has 0 saturated heterocycles. The quantitative estimate of drug-likeness (QED) is 0.591. The van der Waals surface area contributed by atoms with Gasteiger partial charge >= 0.3 is 0 Å². The van der Waals surface area contributed by atoms with E-state index in [9.17, 15) is 20.1 Å². The lowest BCUT2D eigenvalue weighted by Gasteiger charge is -2.57. The molecule has 0 unspecified atom stereocenters. The Kier molecular flexibility index (Phi) is 6.24. The number of carbonyl (C=O) groups excluding carboxylic acids is 1. The molecule has 176 valence electrons. The summed E-state index contributed by atoms with van der Waals surface area (Å²) < 4.78 is 0. The van der Waals surface area contributed by atoms with Gasteiger partial charge < -0.3 is 15.3 Å². The van der Waals surface area contributed by atoms with Gasteiger partial charge in [0, 0.05) is 12.0 Å². The van der Waals surface area contributed by atoms with Crippen LogP contribution in [0.5, 0.6) is 0 Å². The number of aliphatic hydroxyl groups excluding tert-OH is 3. The van der Waals surface area contributed by atoms with Crippen molar-refractivity contribution in [3.8, 4) is 0 Å². The van der Waals surface area contributed by atoms with Crippen molar-refractivity contribution in [3.63, 3.8) is 0 Å². The molecule has 0 amide bonds. The van der Waals surface area contributed by atoms with Crippen molar-refractivity contribution in [2.75, 3.05) is 0 Å². The number of Topliss-reactive ketones (excluding diaryl/α,β-unsaturated/α-hetero) is 1. The Balaban J connectivity index is 1.62. The van der Waals surface area contributed by atoms with Crippen LogP contribution < -0.4 is 0 Å². The number of allylic oxidation sites excluding steroid dienone is 1. The fourth-order valence-electron chi connectivity index (χ4n) is 8.19. The molecule has 0 heterocycles. The number of fused-ring (bicyclic) bond motifs is 4. The normalized spacial score (nSPS) is 44.7. The molecule has 4 nitrogen and oxygen atoms in total. The van der Waals surface area contributed by atoms with Crippen molar-refractivity contribution in [3.05, 3.63) is 11.1 Å². The summed E-state index contributed by atoms with van der Waals surface area (Å²) in [5.74, 6) is 1.83. The first-order chi connectivity index (χ1) is 14.5. The Morgan fingerprint density at radius 2 is 1.74 bits per heavy atom. The fraction of sp³-hybridized carbons (Fsp3) is 0.889. The minimum atomic E-state index is -0.452. The molecule has 3 N–H and O–H groups in total. The molecule has 0 aromatic heterocycles. The molecule has 3 fully saturated rings. The summed E-state index contributed by atoms with van der Waals surface area (Å²) in [4.78, 5) is 13.4. The van der Waals surface area contributed by atoms with Crippen LogP contribution in [0.15, 0.2) is 11.1 Å². The molecule has 4 heteroatoms. The molecule has 4 rings (SSSR count). The van der Waals surface area contributed by atoms with E-state index in [2.05, 4.69) is 34.6 Å². The van der Waals surface area contributed by atoms with Crippen LogP contribution in [0.1, 0.15) is 92.4 Å². The maximum atomic E-state index is 13.4. The second-order valence-corrected chi connectivity index (χ2v) is 12.3. The maximum absolute atomic E-state index is 13.4. The van der Waals surface area contributed by atoms with Crippen molar-refractivity contribution in [2.24, 2.45) is 40.4 Å². The summed E-state index contributed by atoms with van der Waals surface area (Å²) in [5, 5.41) is 31.6. The average molecular weight is 433 g/mol. The van der Waals surface area contributed by atoms with Crippen LogP contribution >= 0.6 is 0 Å². The Bertz CT molecular complexity index is 742. The monoisotopic (exact) mass is 432 g/mol. The van der Waals surface area contributed by atoms with Crippen molar-refractivity contribution in [1.29, 1.82) is 0 Å². The number of hydrogen-bond donors (Lipinski definition) is 3. The van der Waals surface area contributed by atoms with Crippen molar-refractivity contribution in [1.82, 2.24) is 0 Å². The lowest BCUT2D eigenvalue weighted by Crippen LogP contribution is -2.53. The van der Waals surface area contributed by atoms with E-state index in [1.54, 1.807) is 0 Å². The third-order valence-electron chi connectivity index (χ3n) is 10.2. The van der Waals surface area contributed by atoms with Gasteiger partial charge in [0.1, 0.15) is 0 Å². The summed E-state index contributed by atoms with van der Waals surface area (Å²) in [6.07, 6.45) is 6.55. The number of ketones is 1. The van der Waals surface area contributed by atoms with Crippen LogP contribution in [-0.2, 0) is 4.79 Å². The fourth-order valence-corrected chi connectivity index (χ4v) is 8.19. The first kappa shape index (κ1) is 23.4. The van der Waals surface area contributed by atoms with Gasteiger partial charge in [0.15, 0.2) is 5.78 Å². The Morgan fingerprint density at radius 3 is 2.42 bits per heavy atom. The lowest BCUT2D eigenvalue weighted by molar-refractivity contribution is -0.116. The molecule has 4 aliphatic rings. The van der Waals surface area contributed by atoms with Crippen LogP contribution in [0.25, 0.3) is 0 Å². The van der Waals surface area contributed by atoms with E-state index in [-0.39, 0.29) is 34.9 Å². The highest BCUT2D eigenvalue weighted by Gasteiger charge is 2.59. The second-order valence-electron chi connectivity index (χ2n) is 12.3. The van der Waals surface area contributed by atoms with Crippen molar-refractivity contribution in [2.45, 2.75) is 111 Å². The van der Waals surface area contributed by atoms with Crippen LogP contribution in [0.2, 0.25) is 0 Å². The van der Waals surface area contributed by atoms with Crippen LogP contribution in [0.4, 0.5) is 0 Å². The van der Waals surface area contributed by atoms with Gasteiger partial charge in [0.2, 0.25) is 0 Å². The van der Waals surface area contributed by atoms with Gasteiger partial charge in [-0.2, -0.15) is 0 Å². The first-order valence-electron chi connectivity index (χ1n) is 12.8. The molecule has 0 radical (unpaired) electrons. The van der Waals surface area contributed by atoms with Gasteiger partial charge in [-0.15, -0.1) is 0 Å². The van der Waals surface area contributed by atoms with Gasteiger partial charge in [-0.3, -0.25) is 4.79 Å².